The van der Waals surface area contributed by atoms with Crippen LogP contribution in [0.4, 0.5) is 0 Å². The highest BCUT2D eigenvalue weighted by molar-refractivity contribution is 5.26. The summed E-state index contributed by atoms with van der Waals surface area (Å²) in [5.74, 6) is -0.00698. The zero-order valence-corrected chi connectivity index (χ0v) is 10.9. The van der Waals surface area contributed by atoms with Crippen molar-refractivity contribution < 1.29 is 9.47 Å². The first-order chi connectivity index (χ1) is 8.78. The maximum atomic E-state index is 6.09. The molecule has 18 heavy (non-hydrogen) atoms. The largest absolute Gasteiger partial charge is 0.345 e. The van der Waals surface area contributed by atoms with Gasteiger partial charge in [-0.25, -0.2) is 0 Å². The summed E-state index contributed by atoms with van der Waals surface area (Å²) < 4.78 is 12.2. The van der Waals surface area contributed by atoms with E-state index >= 15 is 0 Å². The highest BCUT2D eigenvalue weighted by Gasteiger charge is 2.38. The molecule has 98 valence electrons. The molecule has 1 atom stereocenters. The lowest BCUT2D eigenvalue weighted by Gasteiger charge is -2.38. The van der Waals surface area contributed by atoms with Gasteiger partial charge in [0.05, 0.1) is 13.2 Å². The third-order valence-electron chi connectivity index (χ3n) is 4.19. The molecule has 2 aliphatic rings. The monoisotopic (exact) mass is 247 g/mol. The molecule has 0 aliphatic carbocycles. The molecule has 0 aromatic heterocycles. The molecule has 3 nitrogen and oxygen atoms in total. The Balaban J connectivity index is 1.76. The van der Waals surface area contributed by atoms with E-state index in [2.05, 4.69) is 36.5 Å². The molecular formula is C15H21NO2. The van der Waals surface area contributed by atoms with Crippen LogP contribution in [0.25, 0.3) is 0 Å². The van der Waals surface area contributed by atoms with Crippen molar-refractivity contribution in [1.82, 2.24) is 5.32 Å². The number of fused-ring (bicyclic) bond motifs is 1. The van der Waals surface area contributed by atoms with Crippen LogP contribution in [0.2, 0.25) is 0 Å². The second kappa shape index (κ2) is 5.00. The van der Waals surface area contributed by atoms with Gasteiger partial charge in [-0.1, -0.05) is 24.3 Å². The minimum absolute atomic E-state index is 0.445. The van der Waals surface area contributed by atoms with Gasteiger partial charge < -0.3 is 14.8 Å². The van der Waals surface area contributed by atoms with Crippen molar-refractivity contribution in [2.24, 2.45) is 5.92 Å². The molecule has 1 N–H and O–H groups in total. The fourth-order valence-corrected chi connectivity index (χ4v) is 2.86. The Labute approximate surface area is 108 Å². The Morgan fingerprint density at radius 1 is 1.17 bits per heavy atom. The van der Waals surface area contributed by atoms with Crippen LogP contribution >= 0.6 is 0 Å². The van der Waals surface area contributed by atoms with E-state index < -0.39 is 5.79 Å². The lowest BCUT2D eigenvalue weighted by molar-refractivity contribution is -0.264. The van der Waals surface area contributed by atoms with Crippen molar-refractivity contribution in [2.75, 3.05) is 13.1 Å². The SMILES string of the molecule is CC1(C2CCCNC2)OCc2ccccc2CO1. The second-order valence-electron chi connectivity index (χ2n) is 5.41. The van der Waals surface area contributed by atoms with Gasteiger partial charge in [0.25, 0.3) is 0 Å². The normalized spacial score (nSPS) is 27.3. The predicted octanol–water partition coefficient (Wildman–Crippen LogP) is 2.45. The third-order valence-corrected chi connectivity index (χ3v) is 4.19. The van der Waals surface area contributed by atoms with Crippen molar-refractivity contribution in [2.45, 2.75) is 38.8 Å². The van der Waals surface area contributed by atoms with E-state index in [4.69, 9.17) is 9.47 Å². The fourth-order valence-electron chi connectivity index (χ4n) is 2.86. The van der Waals surface area contributed by atoms with Crippen molar-refractivity contribution in [3.05, 3.63) is 35.4 Å². The fraction of sp³-hybridized carbons (Fsp3) is 0.600. The number of hydrogen-bond donors (Lipinski definition) is 1. The van der Waals surface area contributed by atoms with Gasteiger partial charge in [-0.05, 0) is 37.4 Å². The summed E-state index contributed by atoms with van der Waals surface area (Å²) in [6.45, 7) is 5.52. The summed E-state index contributed by atoms with van der Waals surface area (Å²) in [7, 11) is 0. The second-order valence-corrected chi connectivity index (χ2v) is 5.41. The van der Waals surface area contributed by atoms with E-state index in [1.165, 1.54) is 24.0 Å². The summed E-state index contributed by atoms with van der Waals surface area (Å²) in [5, 5.41) is 3.44. The lowest BCUT2D eigenvalue weighted by Crippen LogP contribution is -2.47. The highest BCUT2D eigenvalue weighted by atomic mass is 16.7. The average molecular weight is 247 g/mol. The molecule has 0 radical (unpaired) electrons. The number of benzene rings is 1. The van der Waals surface area contributed by atoms with Crippen molar-refractivity contribution in [3.8, 4) is 0 Å². The molecule has 0 spiro atoms. The summed E-state index contributed by atoms with van der Waals surface area (Å²) >= 11 is 0. The van der Waals surface area contributed by atoms with Crippen molar-refractivity contribution in [1.29, 1.82) is 0 Å². The Bertz CT molecular complexity index is 386. The minimum atomic E-state index is -0.452. The van der Waals surface area contributed by atoms with E-state index in [0.29, 0.717) is 19.1 Å². The van der Waals surface area contributed by atoms with E-state index in [1.807, 2.05) is 0 Å². The van der Waals surface area contributed by atoms with Gasteiger partial charge in [0, 0.05) is 12.5 Å². The minimum Gasteiger partial charge on any atom is -0.345 e. The first-order valence-electron chi connectivity index (χ1n) is 6.83. The van der Waals surface area contributed by atoms with E-state index in [-0.39, 0.29) is 0 Å². The van der Waals surface area contributed by atoms with Gasteiger partial charge in [0.2, 0.25) is 0 Å². The molecule has 0 bridgehead atoms. The first kappa shape index (κ1) is 12.2. The molecule has 3 heteroatoms. The van der Waals surface area contributed by atoms with Crippen LogP contribution in [0.1, 0.15) is 30.9 Å². The predicted molar refractivity (Wildman–Crippen MR) is 70.0 cm³/mol. The van der Waals surface area contributed by atoms with Crippen LogP contribution < -0.4 is 5.32 Å². The lowest BCUT2D eigenvalue weighted by atomic mass is 9.91. The maximum absolute atomic E-state index is 6.09. The molecule has 1 unspecified atom stereocenters. The number of piperidine rings is 1. The molecule has 1 saturated heterocycles. The van der Waals surface area contributed by atoms with Crippen LogP contribution in [0.5, 0.6) is 0 Å². The standard InChI is InChI=1S/C15H21NO2/c1-15(14-7-4-8-16-9-14)17-10-12-5-2-3-6-13(12)11-18-15/h2-3,5-6,14,16H,4,7-11H2,1H3. The van der Waals surface area contributed by atoms with Crippen LogP contribution in [0.3, 0.4) is 0 Å². The quantitative estimate of drug-likeness (QED) is 0.827. The van der Waals surface area contributed by atoms with Crippen LogP contribution in [0.15, 0.2) is 24.3 Å². The molecule has 2 aliphatic heterocycles. The van der Waals surface area contributed by atoms with Crippen molar-refractivity contribution >= 4 is 0 Å². The van der Waals surface area contributed by atoms with E-state index in [0.717, 1.165) is 13.1 Å². The van der Waals surface area contributed by atoms with Gasteiger partial charge in [-0.3, -0.25) is 0 Å². The summed E-state index contributed by atoms with van der Waals surface area (Å²) in [4.78, 5) is 0. The smallest absolute Gasteiger partial charge is 0.170 e. The zero-order valence-electron chi connectivity index (χ0n) is 10.9. The molecular weight excluding hydrogens is 226 g/mol. The summed E-state index contributed by atoms with van der Waals surface area (Å²) in [6.07, 6.45) is 2.39. The number of nitrogens with one attached hydrogen (secondary N) is 1. The summed E-state index contributed by atoms with van der Waals surface area (Å²) in [6, 6.07) is 8.38. The molecule has 3 rings (SSSR count). The Morgan fingerprint density at radius 3 is 2.39 bits per heavy atom. The molecule has 1 fully saturated rings. The van der Waals surface area contributed by atoms with E-state index in [9.17, 15) is 0 Å². The summed E-state index contributed by atoms with van der Waals surface area (Å²) in [5.41, 5.74) is 2.51. The van der Waals surface area contributed by atoms with Crippen LogP contribution in [-0.4, -0.2) is 18.9 Å². The molecule has 1 aromatic carbocycles. The van der Waals surface area contributed by atoms with Gasteiger partial charge >= 0.3 is 0 Å². The van der Waals surface area contributed by atoms with Gasteiger partial charge in [-0.2, -0.15) is 0 Å². The maximum Gasteiger partial charge on any atom is 0.170 e. The molecule has 1 aromatic rings. The Morgan fingerprint density at radius 2 is 1.83 bits per heavy atom. The number of hydrogen-bond acceptors (Lipinski definition) is 3. The topological polar surface area (TPSA) is 30.5 Å². The molecule has 0 saturated carbocycles. The van der Waals surface area contributed by atoms with Gasteiger partial charge in [-0.15, -0.1) is 0 Å². The molecule has 2 heterocycles. The zero-order chi connectivity index (χ0) is 12.4. The Hall–Kier alpha value is -0.900. The van der Waals surface area contributed by atoms with E-state index in [1.54, 1.807) is 0 Å². The van der Waals surface area contributed by atoms with Crippen molar-refractivity contribution in [3.63, 3.8) is 0 Å². The van der Waals surface area contributed by atoms with Gasteiger partial charge in [0.15, 0.2) is 5.79 Å². The number of ether oxygens (including phenoxy) is 2. The van der Waals surface area contributed by atoms with Crippen LogP contribution in [0, 0.1) is 5.92 Å². The molecule has 0 amide bonds. The Kier molecular flexibility index (Phi) is 3.37. The average Bonchev–Trinajstić information content (AvgIpc) is 2.61. The number of rotatable bonds is 1. The highest BCUT2D eigenvalue weighted by Crippen LogP contribution is 2.33. The first-order valence-corrected chi connectivity index (χ1v) is 6.83. The third kappa shape index (κ3) is 2.30. The van der Waals surface area contributed by atoms with Crippen LogP contribution in [-0.2, 0) is 22.7 Å². The van der Waals surface area contributed by atoms with Gasteiger partial charge in [0.1, 0.15) is 0 Å².